The molecule has 1 heterocycles. The number of rotatable bonds is 4. The molecule has 0 aromatic carbocycles. The van der Waals surface area contributed by atoms with Crippen molar-refractivity contribution in [2.24, 2.45) is 12.8 Å². The molecular formula is C9H16N4S. The molecule has 2 N–H and O–H groups in total. The van der Waals surface area contributed by atoms with Crippen LogP contribution in [0.3, 0.4) is 0 Å². The Kier molecular flexibility index (Phi) is 3.46. The Morgan fingerprint density at radius 1 is 1.79 bits per heavy atom. The predicted molar refractivity (Wildman–Crippen MR) is 62.5 cm³/mol. The first-order valence-electron chi connectivity index (χ1n) is 4.51. The predicted octanol–water partition coefficient (Wildman–Crippen LogP) is 0.921. The van der Waals surface area contributed by atoms with Crippen LogP contribution in [0.1, 0.15) is 13.3 Å². The lowest BCUT2D eigenvalue weighted by atomic mass is 10.2. The van der Waals surface area contributed by atoms with Crippen LogP contribution in [0.2, 0.25) is 0 Å². The molecule has 0 spiro atoms. The van der Waals surface area contributed by atoms with E-state index in [1.807, 2.05) is 24.9 Å². The number of hydrogen-bond acceptors (Lipinski definition) is 3. The zero-order chi connectivity index (χ0) is 10.7. The van der Waals surface area contributed by atoms with Gasteiger partial charge in [0.05, 0.1) is 4.99 Å². The molecule has 1 unspecified atom stereocenters. The summed E-state index contributed by atoms with van der Waals surface area (Å²) in [6, 6.07) is 0.272. The summed E-state index contributed by atoms with van der Waals surface area (Å²) in [5.74, 6) is 0.925. The Morgan fingerprint density at radius 2 is 2.43 bits per heavy atom. The SMILES string of the molecule is CC(CC(N)=S)N(C)c1nccn1C. The molecule has 78 valence electrons. The zero-order valence-electron chi connectivity index (χ0n) is 8.77. The number of nitrogens with two attached hydrogens (primary N) is 1. The molecule has 0 bridgehead atoms. The molecule has 0 saturated heterocycles. The van der Waals surface area contributed by atoms with Crippen LogP contribution in [0.25, 0.3) is 0 Å². The topological polar surface area (TPSA) is 47.1 Å². The highest BCUT2D eigenvalue weighted by molar-refractivity contribution is 7.80. The van der Waals surface area contributed by atoms with Gasteiger partial charge in [0, 0.05) is 39.0 Å². The lowest BCUT2D eigenvalue weighted by Crippen LogP contribution is -2.34. The highest BCUT2D eigenvalue weighted by Crippen LogP contribution is 2.12. The van der Waals surface area contributed by atoms with Crippen molar-refractivity contribution in [3.63, 3.8) is 0 Å². The van der Waals surface area contributed by atoms with Gasteiger partial charge in [0.15, 0.2) is 0 Å². The van der Waals surface area contributed by atoms with Gasteiger partial charge in [-0.1, -0.05) is 12.2 Å². The Balaban J connectivity index is 2.70. The van der Waals surface area contributed by atoms with Crippen molar-refractivity contribution in [3.05, 3.63) is 12.4 Å². The molecular weight excluding hydrogens is 196 g/mol. The fraction of sp³-hybridized carbons (Fsp3) is 0.556. The van der Waals surface area contributed by atoms with E-state index in [0.29, 0.717) is 11.4 Å². The summed E-state index contributed by atoms with van der Waals surface area (Å²) >= 11 is 4.88. The molecule has 1 aromatic heterocycles. The summed E-state index contributed by atoms with van der Waals surface area (Å²) in [7, 11) is 3.96. The van der Waals surface area contributed by atoms with Crippen molar-refractivity contribution in [1.82, 2.24) is 9.55 Å². The van der Waals surface area contributed by atoms with Crippen LogP contribution >= 0.6 is 12.2 Å². The average Bonchev–Trinajstić information content (AvgIpc) is 2.48. The molecule has 0 amide bonds. The van der Waals surface area contributed by atoms with E-state index in [0.717, 1.165) is 5.95 Å². The molecule has 0 aliphatic carbocycles. The number of aromatic nitrogens is 2. The molecule has 0 radical (unpaired) electrons. The van der Waals surface area contributed by atoms with Gasteiger partial charge < -0.3 is 15.2 Å². The molecule has 0 aliphatic rings. The highest BCUT2D eigenvalue weighted by Gasteiger charge is 2.13. The monoisotopic (exact) mass is 212 g/mol. The van der Waals surface area contributed by atoms with Crippen molar-refractivity contribution in [2.45, 2.75) is 19.4 Å². The van der Waals surface area contributed by atoms with Gasteiger partial charge in [0.25, 0.3) is 0 Å². The first kappa shape index (κ1) is 11.0. The third-order valence-electron chi connectivity index (χ3n) is 2.27. The lowest BCUT2D eigenvalue weighted by molar-refractivity contribution is 0.677. The van der Waals surface area contributed by atoms with Crippen molar-refractivity contribution >= 4 is 23.2 Å². The number of anilines is 1. The van der Waals surface area contributed by atoms with E-state index < -0.39 is 0 Å². The first-order valence-corrected chi connectivity index (χ1v) is 4.91. The molecule has 0 aliphatic heterocycles. The van der Waals surface area contributed by atoms with E-state index in [1.54, 1.807) is 6.20 Å². The molecule has 14 heavy (non-hydrogen) atoms. The molecule has 0 fully saturated rings. The summed E-state index contributed by atoms with van der Waals surface area (Å²) in [4.78, 5) is 6.86. The van der Waals surface area contributed by atoms with Crippen LogP contribution in [0.4, 0.5) is 5.95 Å². The van der Waals surface area contributed by atoms with Crippen molar-refractivity contribution in [2.75, 3.05) is 11.9 Å². The van der Waals surface area contributed by atoms with Gasteiger partial charge in [-0.15, -0.1) is 0 Å². The third-order valence-corrected chi connectivity index (χ3v) is 2.44. The molecule has 5 heteroatoms. The average molecular weight is 212 g/mol. The molecule has 1 aromatic rings. The van der Waals surface area contributed by atoms with Gasteiger partial charge in [0.1, 0.15) is 0 Å². The number of nitrogens with zero attached hydrogens (tertiary/aromatic N) is 3. The second-order valence-electron chi connectivity index (χ2n) is 3.47. The minimum absolute atomic E-state index is 0.272. The first-order chi connectivity index (χ1) is 6.52. The van der Waals surface area contributed by atoms with Crippen LogP contribution < -0.4 is 10.6 Å². The number of hydrogen-bond donors (Lipinski definition) is 1. The molecule has 1 atom stereocenters. The smallest absolute Gasteiger partial charge is 0.205 e. The van der Waals surface area contributed by atoms with Crippen LogP contribution in [0.15, 0.2) is 12.4 Å². The summed E-state index contributed by atoms with van der Waals surface area (Å²) in [5, 5.41) is 0. The third kappa shape index (κ3) is 2.45. The molecule has 1 rings (SSSR count). The van der Waals surface area contributed by atoms with Gasteiger partial charge >= 0.3 is 0 Å². The van der Waals surface area contributed by atoms with Gasteiger partial charge in [0.2, 0.25) is 5.95 Å². The summed E-state index contributed by atoms with van der Waals surface area (Å²) in [5.41, 5.74) is 5.50. The fourth-order valence-corrected chi connectivity index (χ4v) is 1.56. The maximum absolute atomic E-state index is 5.50. The Hall–Kier alpha value is -1.10. The Bertz CT molecular complexity index is 320. The van der Waals surface area contributed by atoms with Crippen molar-refractivity contribution in [3.8, 4) is 0 Å². The minimum atomic E-state index is 0.272. The largest absolute Gasteiger partial charge is 0.393 e. The van der Waals surface area contributed by atoms with Gasteiger partial charge in [-0.05, 0) is 6.92 Å². The quantitative estimate of drug-likeness (QED) is 0.754. The Labute approximate surface area is 89.7 Å². The minimum Gasteiger partial charge on any atom is -0.393 e. The van der Waals surface area contributed by atoms with E-state index in [9.17, 15) is 0 Å². The summed E-state index contributed by atoms with van der Waals surface area (Å²) < 4.78 is 1.97. The molecule has 0 saturated carbocycles. The van der Waals surface area contributed by atoms with Crippen LogP contribution in [0, 0.1) is 0 Å². The lowest BCUT2D eigenvalue weighted by Gasteiger charge is -2.25. The maximum Gasteiger partial charge on any atom is 0.205 e. The van der Waals surface area contributed by atoms with Crippen molar-refractivity contribution in [1.29, 1.82) is 0 Å². The van der Waals surface area contributed by atoms with Gasteiger partial charge in [-0.3, -0.25) is 0 Å². The zero-order valence-corrected chi connectivity index (χ0v) is 9.58. The number of aryl methyl sites for hydroxylation is 1. The maximum atomic E-state index is 5.50. The standard InChI is InChI=1S/C9H16N4S/c1-7(6-8(10)14)13(3)9-11-4-5-12(9)2/h4-5,7H,6H2,1-3H3,(H2,10,14). The van der Waals surface area contributed by atoms with E-state index in [2.05, 4.69) is 16.8 Å². The second kappa shape index (κ2) is 4.41. The summed E-state index contributed by atoms with van der Waals surface area (Å²) in [6.07, 6.45) is 4.40. The Morgan fingerprint density at radius 3 is 2.86 bits per heavy atom. The van der Waals surface area contributed by atoms with E-state index in [-0.39, 0.29) is 6.04 Å². The number of imidazole rings is 1. The van der Waals surface area contributed by atoms with E-state index >= 15 is 0 Å². The van der Waals surface area contributed by atoms with Crippen molar-refractivity contribution < 1.29 is 0 Å². The van der Waals surface area contributed by atoms with Gasteiger partial charge in [-0.25, -0.2) is 4.98 Å². The van der Waals surface area contributed by atoms with Crippen LogP contribution in [-0.2, 0) is 7.05 Å². The normalized spacial score (nSPS) is 12.5. The second-order valence-corrected chi connectivity index (χ2v) is 3.99. The number of thiocarbonyl (C=S) groups is 1. The molecule has 4 nitrogen and oxygen atoms in total. The van der Waals surface area contributed by atoms with E-state index in [1.165, 1.54) is 0 Å². The van der Waals surface area contributed by atoms with Crippen LogP contribution in [0.5, 0.6) is 0 Å². The summed E-state index contributed by atoms with van der Waals surface area (Å²) in [6.45, 7) is 2.08. The van der Waals surface area contributed by atoms with E-state index in [4.69, 9.17) is 18.0 Å². The van der Waals surface area contributed by atoms with Gasteiger partial charge in [-0.2, -0.15) is 0 Å². The highest BCUT2D eigenvalue weighted by atomic mass is 32.1. The van der Waals surface area contributed by atoms with Crippen LogP contribution in [-0.4, -0.2) is 27.6 Å². The fourth-order valence-electron chi connectivity index (χ4n) is 1.32.